The zero-order chi connectivity index (χ0) is 12.2. The van der Waals surface area contributed by atoms with Crippen LogP contribution in [0.3, 0.4) is 0 Å². The Hall–Kier alpha value is -1.06. The second kappa shape index (κ2) is 5.14. The summed E-state index contributed by atoms with van der Waals surface area (Å²) in [6.45, 7) is 9.38. The predicted molar refractivity (Wildman–Crippen MR) is 61.8 cm³/mol. The lowest BCUT2D eigenvalue weighted by Crippen LogP contribution is -2.32. The average molecular weight is 214 g/mol. The summed E-state index contributed by atoms with van der Waals surface area (Å²) in [5.41, 5.74) is -0.0195. The number of ether oxygens (including phenoxy) is 1. The lowest BCUT2D eigenvalue weighted by molar-refractivity contribution is -0.146. The van der Waals surface area contributed by atoms with Gasteiger partial charge in [-0.2, -0.15) is 5.10 Å². The summed E-state index contributed by atoms with van der Waals surface area (Å²) in [5.74, 6) is -0.284. The van der Waals surface area contributed by atoms with Crippen LogP contribution in [0, 0.1) is 5.92 Å². The number of esters is 1. The van der Waals surface area contributed by atoms with Crippen molar-refractivity contribution in [1.29, 1.82) is 0 Å². The van der Waals surface area contributed by atoms with Gasteiger partial charge in [-0.25, -0.2) is 4.79 Å². The van der Waals surface area contributed by atoms with Gasteiger partial charge in [0.15, 0.2) is 0 Å². The molecule has 0 rings (SSSR count). The standard InChI is InChI=1S/C11H22N2O2/c1-8(2)9(12-13(6)7)10(14)15-11(3,4)5/h8H,1-7H3/b12-9-. The molecule has 0 aromatic heterocycles. The van der Waals surface area contributed by atoms with Crippen molar-refractivity contribution < 1.29 is 9.53 Å². The molecule has 88 valence electrons. The molecule has 0 atom stereocenters. The van der Waals surface area contributed by atoms with Gasteiger partial charge in [0.1, 0.15) is 11.3 Å². The van der Waals surface area contributed by atoms with Gasteiger partial charge in [0.05, 0.1) is 0 Å². The molecule has 0 radical (unpaired) electrons. The first kappa shape index (κ1) is 13.9. The van der Waals surface area contributed by atoms with Crippen LogP contribution in [0.2, 0.25) is 0 Å². The maximum atomic E-state index is 11.8. The van der Waals surface area contributed by atoms with E-state index in [9.17, 15) is 4.79 Å². The van der Waals surface area contributed by atoms with E-state index in [-0.39, 0.29) is 11.9 Å². The number of nitrogens with zero attached hydrogens (tertiary/aromatic N) is 2. The molecule has 4 heteroatoms. The molecule has 0 bridgehead atoms. The van der Waals surface area contributed by atoms with E-state index < -0.39 is 5.60 Å². The fourth-order valence-corrected chi connectivity index (χ4v) is 0.938. The first-order valence-corrected chi connectivity index (χ1v) is 5.12. The molecule has 0 aromatic rings. The summed E-state index contributed by atoms with van der Waals surface area (Å²) in [6.07, 6.45) is 0. The van der Waals surface area contributed by atoms with Crippen LogP contribution in [0.25, 0.3) is 0 Å². The van der Waals surface area contributed by atoms with Gasteiger partial charge in [-0.1, -0.05) is 13.8 Å². The highest BCUT2D eigenvalue weighted by Crippen LogP contribution is 2.10. The first-order chi connectivity index (χ1) is 6.63. The van der Waals surface area contributed by atoms with Crippen LogP contribution in [0.5, 0.6) is 0 Å². The van der Waals surface area contributed by atoms with Gasteiger partial charge >= 0.3 is 5.97 Å². The maximum Gasteiger partial charge on any atom is 0.355 e. The Kier molecular flexibility index (Phi) is 4.78. The minimum atomic E-state index is -0.473. The molecule has 0 amide bonds. The van der Waals surface area contributed by atoms with E-state index in [1.165, 1.54) is 0 Å². The van der Waals surface area contributed by atoms with Crippen LogP contribution in [0.4, 0.5) is 0 Å². The molecule has 4 nitrogen and oxygen atoms in total. The first-order valence-electron chi connectivity index (χ1n) is 5.12. The molecule has 0 N–H and O–H groups in total. The smallest absolute Gasteiger partial charge is 0.355 e. The lowest BCUT2D eigenvalue weighted by Gasteiger charge is -2.21. The topological polar surface area (TPSA) is 41.9 Å². The van der Waals surface area contributed by atoms with Gasteiger partial charge in [0, 0.05) is 20.0 Å². The van der Waals surface area contributed by atoms with E-state index in [1.807, 2.05) is 34.6 Å². The summed E-state index contributed by atoms with van der Waals surface area (Å²) in [7, 11) is 3.57. The zero-order valence-electron chi connectivity index (χ0n) is 10.8. The second-order valence-electron chi connectivity index (χ2n) is 4.99. The normalized spacial score (nSPS) is 12.9. The quantitative estimate of drug-likeness (QED) is 0.409. The second-order valence-corrected chi connectivity index (χ2v) is 4.99. The molecule has 0 aromatic carbocycles. The Balaban J connectivity index is 4.74. The van der Waals surface area contributed by atoms with E-state index in [0.717, 1.165) is 0 Å². The minimum absolute atomic E-state index is 0.0576. The molecule has 0 spiro atoms. The molecular formula is C11H22N2O2. The van der Waals surface area contributed by atoms with E-state index >= 15 is 0 Å². The highest BCUT2D eigenvalue weighted by molar-refractivity contribution is 6.37. The molecule has 15 heavy (non-hydrogen) atoms. The fourth-order valence-electron chi connectivity index (χ4n) is 0.938. The SMILES string of the molecule is CC(C)/C(=N/N(C)C)C(=O)OC(C)(C)C. The van der Waals surface area contributed by atoms with Crippen molar-refractivity contribution in [3.63, 3.8) is 0 Å². The average Bonchev–Trinajstić information content (AvgIpc) is 1.95. The Morgan fingerprint density at radius 1 is 1.27 bits per heavy atom. The maximum absolute atomic E-state index is 11.8. The summed E-state index contributed by atoms with van der Waals surface area (Å²) in [5, 5.41) is 5.75. The number of hydrazone groups is 1. The summed E-state index contributed by atoms with van der Waals surface area (Å²) in [6, 6.07) is 0. The Morgan fingerprint density at radius 3 is 2.00 bits per heavy atom. The van der Waals surface area contributed by atoms with Crippen LogP contribution in [-0.2, 0) is 9.53 Å². The van der Waals surface area contributed by atoms with Crippen LogP contribution in [-0.4, -0.2) is 36.4 Å². The molecule has 0 aliphatic rings. The van der Waals surface area contributed by atoms with E-state index in [4.69, 9.17) is 4.74 Å². The van der Waals surface area contributed by atoms with Gasteiger partial charge in [-0.3, -0.25) is 0 Å². The van der Waals surface area contributed by atoms with Crippen LogP contribution < -0.4 is 0 Å². The van der Waals surface area contributed by atoms with Gasteiger partial charge < -0.3 is 9.75 Å². The third kappa shape index (κ3) is 6.10. The molecule has 0 saturated carbocycles. The summed E-state index contributed by atoms with van der Waals surface area (Å²) < 4.78 is 5.27. The van der Waals surface area contributed by atoms with Gasteiger partial charge in [0.25, 0.3) is 0 Å². The number of hydrogen-bond acceptors (Lipinski definition) is 4. The molecule has 0 unspecified atom stereocenters. The molecule has 0 aliphatic carbocycles. The van der Waals surface area contributed by atoms with Gasteiger partial charge in [-0.05, 0) is 20.8 Å². The van der Waals surface area contributed by atoms with E-state index in [0.29, 0.717) is 5.71 Å². The van der Waals surface area contributed by atoms with Gasteiger partial charge in [0.2, 0.25) is 0 Å². The van der Waals surface area contributed by atoms with Crippen molar-refractivity contribution >= 4 is 11.7 Å². The third-order valence-electron chi connectivity index (χ3n) is 1.46. The minimum Gasteiger partial charge on any atom is -0.455 e. The fraction of sp³-hybridized carbons (Fsp3) is 0.818. The Labute approximate surface area is 92.3 Å². The number of hydrogen-bond donors (Lipinski definition) is 0. The third-order valence-corrected chi connectivity index (χ3v) is 1.46. The van der Waals surface area contributed by atoms with Crippen LogP contribution in [0.15, 0.2) is 5.10 Å². The Morgan fingerprint density at radius 2 is 1.73 bits per heavy atom. The van der Waals surface area contributed by atoms with Crippen LogP contribution >= 0.6 is 0 Å². The van der Waals surface area contributed by atoms with E-state index in [1.54, 1.807) is 19.1 Å². The highest BCUT2D eigenvalue weighted by atomic mass is 16.6. The monoisotopic (exact) mass is 214 g/mol. The predicted octanol–water partition coefficient (Wildman–Crippen LogP) is 1.90. The lowest BCUT2D eigenvalue weighted by atomic mass is 10.1. The zero-order valence-corrected chi connectivity index (χ0v) is 10.8. The van der Waals surface area contributed by atoms with Crippen molar-refractivity contribution in [2.75, 3.05) is 14.1 Å². The van der Waals surface area contributed by atoms with E-state index in [2.05, 4.69) is 5.10 Å². The Bertz CT molecular complexity index is 250. The van der Waals surface area contributed by atoms with Crippen LogP contribution in [0.1, 0.15) is 34.6 Å². The van der Waals surface area contributed by atoms with Crippen molar-refractivity contribution in [3.8, 4) is 0 Å². The van der Waals surface area contributed by atoms with Crippen molar-refractivity contribution in [2.24, 2.45) is 11.0 Å². The number of carbonyl (C=O) groups is 1. The van der Waals surface area contributed by atoms with Crippen molar-refractivity contribution in [2.45, 2.75) is 40.2 Å². The van der Waals surface area contributed by atoms with Crippen molar-refractivity contribution in [1.82, 2.24) is 5.01 Å². The van der Waals surface area contributed by atoms with Crippen molar-refractivity contribution in [3.05, 3.63) is 0 Å². The van der Waals surface area contributed by atoms with Gasteiger partial charge in [-0.15, -0.1) is 0 Å². The number of carbonyl (C=O) groups excluding carboxylic acids is 1. The summed E-state index contributed by atoms with van der Waals surface area (Å²) in [4.78, 5) is 11.8. The molecule has 0 aliphatic heterocycles. The molecule has 0 fully saturated rings. The molecular weight excluding hydrogens is 192 g/mol. The molecule has 0 saturated heterocycles. The number of rotatable bonds is 3. The summed E-state index contributed by atoms with van der Waals surface area (Å²) >= 11 is 0. The largest absolute Gasteiger partial charge is 0.455 e. The molecule has 0 heterocycles. The highest BCUT2D eigenvalue weighted by Gasteiger charge is 2.23.